The highest BCUT2D eigenvalue weighted by Crippen LogP contribution is 2.33. The second-order valence-electron chi connectivity index (χ2n) is 4.21. The average Bonchev–Trinajstić information content (AvgIpc) is 2.88. The Morgan fingerprint density at radius 3 is 2.84 bits per heavy atom. The molecule has 0 aliphatic carbocycles. The van der Waals surface area contributed by atoms with Gasteiger partial charge < -0.3 is 23.8 Å². The van der Waals surface area contributed by atoms with Gasteiger partial charge in [-0.3, -0.25) is 0 Å². The summed E-state index contributed by atoms with van der Waals surface area (Å²) in [4.78, 5) is 14.5. The third-order valence-corrected chi connectivity index (χ3v) is 3.02. The predicted octanol–water partition coefficient (Wildman–Crippen LogP) is 0.323. The van der Waals surface area contributed by atoms with Crippen LogP contribution in [0.3, 0.4) is 0 Å². The van der Waals surface area contributed by atoms with Crippen molar-refractivity contribution in [2.24, 2.45) is 0 Å². The average molecular weight is 272 g/mol. The lowest BCUT2D eigenvalue weighted by molar-refractivity contribution is -0.142. The first kappa shape index (κ1) is 13.9. The largest absolute Gasteiger partial charge is 0.480 e. The van der Waals surface area contributed by atoms with Gasteiger partial charge in [0.1, 0.15) is 18.8 Å². The van der Waals surface area contributed by atoms with E-state index in [4.69, 9.17) is 23.8 Å². The fourth-order valence-electron chi connectivity index (χ4n) is 1.94. The summed E-state index contributed by atoms with van der Waals surface area (Å²) in [5.41, 5.74) is -0.590. The van der Waals surface area contributed by atoms with Crippen molar-refractivity contribution in [2.45, 2.75) is 25.0 Å². The minimum absolute atomic E-state index is 0.0321. The van der Waals surface area contributed by atoms with Crippen molar-refractivity contribution in [1.29, 1.82) is 0 Å². The van der Waals surface area contributed by atoms with Crippen LogP contribution in [0.2, 0.25) is 0 Å². The highest BCUT2D eigenvalue weighted by atomic mass is 16.5. The quantitative estimate of drug-likeness (QED) is 0.789. The van der Waals surface area contributed by atoms with Crippen LogP contribution in [0.25, 0.3) is 0 Å². The van der Waals surface area contributed by atoms with Crippen LogP contribution in [0.4, 0.5) is 0 Å². The Kier molecular flexibility index (Phi) is 4.46. The Morgan fingerprint density at radius 2 is 2.21 bits per heavy atom. The molecule has 0 amide bonds. The van der Waals surface area contributed by atoms with Gasteiger partial charge in [-0.1, -0.05) is 5.16 Å². The van der Waals surface area contributed by atoms with Crippen molar-refractivity contribution in [3.63, 3.8) is 0 Å². The van der Waals surface area contributed by atoms with Crippen LogP contribution in [0.15, 0.2) is 4.52 Å². The molecular formula is C11H16N2O6. The van der Waals surface area contributed by atoms with E-state index in [1.165, 1.54) is 0 Å². The number of rotatable bonds is 6. The summed E-state index contributed by atoms with van der Waals surface area (Å²) in [6.07, 6.45) is 1.30. The van der Waals surface area contributed by atoms with Crippen LogP contribution in [0.1, 0.15) is 24.6 Å². The fraction of sp³-hybridized carbons (Fsp3) is 0.727. The molecule has 1 saturated heterocycles. The number of carbonyl (C=O) groups is 1. The van der Waals surface area contributed by atoms with Gasteiger partial charge in [-0.25, -0.2) is 4.79 Å². The van der Waals surface area contributed by atoms with Crippen molar-refractivity contribution in [2.75, 3.05) is 26.9 Å². The summed E-state index contributed by atoms with van der Waals surface area (Å²) in [7, 11) is 1.60. The molecule has 0 saturated carbocycles. The monoisotopic (exact) mass is 272 g/mol. The molecule has 1 aliphatic heterocycles. The fourth-order valence-corrected chi connectivity index (χ4v) is 1.94. The maximum Gasteiger partial charge on any atom is 0.329 e. The molecule has 0 unspecified atom stereocenters. The van der Waals surface area contributed by atoms with E-state index in [9.17, 15) is 4.79 Å². The molecule has 8 heteroatoms. The Bertz CT molecular complexity index is 427. The van der Waals surface area contributed by atoms with Crippen LogP contribution >= 0.6 is 0 Å². The molecular weight excluding hydrogens is 256 g/mol. The van der Waals surface area contributed by atoms with E-state index in [-0.39, 0.29) is 12.5 Å². The van der Waals surface area contributed by atoms with Gasteiger partial charge in [-0.2, -0.15) is 4.98 Å². The van der Waals surface area contributed by atoms with E-state index in [1.54, 1.807) is 7.11 Å². The Morgan fingerprint density at radius 1 is 1.47 bits per heavy atom. The Balaban J connectivity index is 2.00. The summed E-state index contributed by atoms with van der Waals surface area (Å²) < 4.78 is 20.7. The zero-order chi connectivity index (χ0) is 13.7. The number of aromatic nitrogens is 2. The molecule has 1 aromatic heterocycles. The van der Waals surface area contributed by atoms with Gasteiger partial charge in [-0.15, -0.1) is 0 Å². The molecule has 106 valence electrons. The number of hydrogen-bond donors (Lipinski definition) is 1. The molecule has 19 heavy (non-hydrogen) atoms. The molecule has 0 spiro atoms. The van der Waals surface area contributed by atoms with Crippen molar-refractivity contribution in [3.8, 4) is 0 Å². The van der Waals surface area contributed by atoms with Crippen LogP contribution in [0.5, 0.6) is 0 Å². The number of ether oxygens (including phenoxy) is 3. The van der Waals surface area contributed by atoms with E-state index in [2.05, 4.69) is 10.1 Å². The van der Waals surface area contributed by atoms with Gasteiger partial charge in [0.15, 0.2) is 0 Å². The molecule has 2 rings (SSSR count). The second-order valence-corrected chi connectivity index (χ2v) is 4.21. The van der Waals surface area contributed by atoms with Crippen molar-refractivity contribution in [1.82, 2.24) is 10.1 Å². The summed E-state index contributed by atoms with van der Waals surface area (Å²) >= 11 is 0. The van der Waals surface area contributed by atoms with Gasteiger partial charge in [0.2, 0.25) is 5.82 Å². The minimum Gasteiger partial charge on any atom is -0.480 e. The number of carboxylic acid groups (broad SMARTS) is 1. The third-order valence-electron chi connectivity index (χ3n) is 3.02. The van der Waals surface area contributed by atoms with Crippen molar-refractivity contribution >= 4 is 5.97 Å². The van der Waals surface area contributed by atoms with Gasteiger partial charge in [0.25, 0.3) is 5.89 Å². The van der Waals surface area contributed by atoms with Crippen molar-refractivity contribution in [3.05, 3.63) is 11.7 Å². The zero-order valence-corrected chi connectivity index (χ0v) is 10.6. The molecule has 0 radical (unpaired) electrons. The first-order chi connectivity index (χ1) is 9.16. The first-order valence-electron chi connectivity index (χ1n) is 5.92. The lowest BCUT2D eigenvalue weighted by Gasteiger charge is -2.32. The molecule has 1 N–H and O–H groups in total. The van der Waals surface area contributed by atoms with E-state index in [1.807, 2.05) is 0 Å². The SMILES string of the molecule is COC1(c2noc(COCC(=O)O)n2)CCOCC1. The maximum atomic E-state index is 10.3. The molecule has 2 heterocycles. The predicted molar refractivity (Wildman–Crippen MR) is 60.3 cm³/mol. The molecule has 0 atom stereocenters. The summed E-state index contributed by atoms with van der Waals surface area (Å²) in [5, 5.41) is 12.3. The van der Waals surface area contributed by atoms with E-state index < -0.39 is 18.2 Å². The van der Waals surface area contributed by atoms with Crippen LogP contribution in [0, 0.1) is 0 Å². The maximum absolute atomic E-state index is 10.3. The minimum atomic E-state index is -1.04. The van der Waals surface area contributed by atoms with Gasteiger partial charge in [0.05, 0.1) is 0 Å². The summed E-state index contributed by atoms with van der Waals surface area (Å²) in [6.45, 7) is 0.719. The lowest BCUT2D eigenvalue weighted by Crippen LogP contribution is -2.36. The van der Waals surface area contributed by atoms with Gasteiger partial charge in [0, 0.05) is 33.2 Å². The Labute approximate surface area is 109 Å². The number of nitrogens with zero attached hydrogens (tertiary/aromatic N) is 2. The van der Waals surface area contributed by atoms with Crippen LogP contribution in [-0.2, 0) is 31.2 Å². The highest BCUT2D eigenvalue weighted by Gasteiger charge is 2.39. The number of methoxy groups -OCH3 is 1. The zero-order valence-electron chi connectivity index (χ0n) is 10.6. The van der Waals surface area contributed by atoms with E-state index >= 15 is 0 Å². The normalized spacial score (nSPS) is 18.4. The van der Waals surface area contributed by atoms with Crippen molar-refractivity contribution < 1.29 is 28.6 Å². The summed E-state index contributed by atoms with van der Waals surface area (Å²) in [6, 6.07) is 0. The van der Waals surface area contributed by atoms with E-state index in [0.717, 1.165) is 0 Å². The van der Waals surface area contributed by atoms with Gasteiger partial charge >= 0.3 is 5.97 Å². The molecule has 1 fully saturated rings. The lowest BCUT2D eigenvalue weighted by atomic mass is 9.93. The molecule has 0 aromatic carbocycles. The first-order valence-corrected chi connectivity index (χ1v) is 5.92. The molecule has 1 aromatic rings. The molecule has 1 aliphatic rings. The van der Waals surface area contributed by atoms with Crippen LogP contribution in [-0.4, -0.2) is 48.1 Å². The highest BCUT2D eigenvalue weighted by molar-refractivity contribution is 5.67. The van der Waals surface area contributed by atoms with Crippen LogP contribution < -0.4 is 0 Å². The van der Waals surface area contributed by atoms with E-state index in [0.29, 0.717) is 31.9 Å². The number of carboxylic acids is 1. The molecule has 8 nitrogen and oxygen atoms in total. The third kappa shape index (κ3) is 3.28. The number of hydrogen-bond acceptors (Lipinski definition) is 7. The van der Waals surface area contributed by atoms with Gasteiger partial charge in [-0.05, 0) is 0 Å². The smallest absolute Gasteiger partial charge is 0.329 e. The second kappa shape index (κ2) is 6.09. The topological polar surface area (TPSA) is 104 Å². The standard InChI is InChI=1S/C11H16N2O6/c1-16-11(2-4-17-5-3-11)10-12-8(19-13-10)6-18-7-9(14)15/h2-7H2,1H3,(H,14,15). The molecule has 0 bridgehead atoms. The summed E-state index contributed by atoms with van der Waals surface area (Å²) in [5.74, 6) is -0.357. The number of aliphatic carboxylic acids is 1. The Hall–Kier alpha value is -1.51.